The molecule has 0 saturated heterocycles. The van der Waals surface area contributed by atoms with E-state index in [-0.39, 0.29) is 5.54 Å². The van der Waals surface area contributed by atoms with Crippen LogP contribution in [-0.2, 0) is 4.79 Å². The van der Waals surface area contributed by atoms with E-state index in [4.69, 9.17) is 0 Å². The molecule has 0 aliphatic heterocycles. The highest BCUT2D eigenvalue weighted by Crippen LogP contribution is 2.59. The van der Waals surface area contributed by atoms with Crippen LogP contribution in [0.25, 0.3) is 0 Å². The smallest absolute Gasteiger partial charge is 0.207 e. The fraction of sp³-hybridized carbons (Fsp3) is 0.917. The molecule has 2 bridgehead atoms. The van der Waals surface area contributed by atoms with E-state index in [0.29, 0.717) is 10.8 Å². The minimum Gasteiger partial charge on any atom is -0.353 e. The number of amides is 1. The number of fused-ring (bicyclic) bond motifs is 2. The first kappa shape index (κ1) is 10.0. The SMILES string of the molecule is CC1(C)CC2(C)CCC(NC=O)(C1)C2. The standard InChI is InChI=1S/C12H21NO/c1-10(2)6-11(3)4-5-12(7-10,8-11)13-9-14/h9H,4-8H2,1-3H3,(H,13,14). The van der Waals surface area contributed by atoms with Crippen LogP contribution in [0.3, 0.4) is 0 Å². The highest BCUT2D eigenvalue weighted by atomic mass is 16.1. The minimum absolute atomic E-state index is 0.123. The quantitative estimate of drug-likeness (QED) is 0.674. The van der Waals surface area contributed by atoms with Gasteiger partial charge in [0.1, 0.15) is 0 Å². The molecule has 0 spiro atoms. The molecule has 0 aromatic carbocycles. The lowest BCUT2D eigenvalue weighted by Crippen LogP contribution is -2.49. The van der Waals surface area contributed by atoms with Crippen molar-refractivity contribution in [1.82, 2.24) is 5.32 Å². The molecule has 0 heterocycles. The number of nitrogens with one attached hydrogen (secondary N) is 1. The van der Waals surface area contributed by atoms with E-state index < -0.39 is 0 Å². The van der Waals surface area contributed by atoms with Crippen LogP contribution in [0.2, 0.25) is 0 Å². The second-order valence-electron chi connectivity index (χ2n) is 6.55. The molecular formula is C12H21NO. The summed E-state index contributed by atoms with van der Waals surface area (Å²) >= 11 is 0. The van der Waals surface area contributed by atoms with Gasteiger partial charge in [-0.15, -0.1) is 0 Å². The maximum Gasteiger partial charge on any atom is 0.207 e. The van der Waals surface area contributed by atoms with Crippen molar-refractivity contribution in [3.63, 3.8) is 0 Å². The maximum absolute atomic E-state index is 10.7. The maximum atomic E-state index is 10.7. The van der Waals surface area contributed by atoms with Gasteiger partial charge in [0.15, 0.2) is 0 Å². The van der Waals surface area contributed by atoms with E-state index in [0.717, 1.165) is 12.8 Å². The van der Waals surface area contributed by atoms with Gasteiger partial charge < -0.3 is 5.32 Å². The zero-order chi connectivity index (χ0) is 10.4. The Bertz CT molecular complexity index is 261. The molecule has 0 aromatic rings. The van der Waals surface area contributed by atoms with Crippen LogP contribution in [0.1, 0.15) is 52.9 Å². The number of rotatable bonds is 2. The Balaban J connectivity index is 2.25. The second kappa shape index (κ2) is 2.74. The third kappa shape index (κ3) is 1.55. The molecule has 2 saturated carbocycles. The predicted octanol–water partition coefficient (Wildman–Crippen LogP) is 2.48. The summed E-state index contributed by atoms with van der Waals surface area (Å²) in [5.41, 5.74) is 0.982. The van der Waals surface area contributed by atoms with Crippen LogP contribution < -0.4 is 5.32 Å². The van der Waals surface area contributed by atoms with Gasteiger partial charge in [0.2, 0.25) is 6.41 Å². The predicted molar refractivity (Wildman–Crippen MR) is 56.9 cm³/mol. The van der Waals surface area contributed by atoms with Crippen LogP contribution in [0, 0.1) is 10.8 Å². The second-order valence-corrected chi connectivity index (χ2v) is 6.55. The summed E-state index contributed by atoms with van der Waals surface area (Å²) in [7, 11) is 0. The lowest BCUT2D eigenvalue weighted by Gasteiger charge is -2.46. The van der Waals surface area contributed by atoms with E-state index in [1.165, 1.54) is 25.7 Å². The first-order valence-corrected chi connectivity index (χ1v) is 5.60. The van der Waals surface area contributed by atoms with E-state index in [1.807, 2.05) is 0 Å². The highest BCUT2D eigenvalue weighted by Gasteiger charge is 2.53. The normalized spacial score (nSPS) is 44.8. The van der Waals surface area contributed by atoms with Crippen molar-refractivity contribution in [1.29, 1.82) is 0 Å². The van der Waals surface area contributed by atoms with Gasteiger partial charge in [-0.25, -0.2) is 0 Å². The van der Waals surface area contributed by atoms with E-state index in [2.05, 4.69) is 26.1 Å². The van der Waals surface area contributed by atoms with Gasteiger partial charge in [0, 0.05) is 5.54 Å². The molecule has 14 heavy (non-hydrogen) atoms. The summed E-state index contributed by atoms with van der Waals surface area (Å²) in [6.45, 7) is 7.04. The van der Waals surface area contributed by atoms with Crippen molar-refractivity contribution in [3.8, 4) is 0 Å². The monoisotopic (exact) mass is 195 g/mol. The van der Waals surface area contributed by atoms with Gasteiger partial charge in [-0.05, 0) is 42.9 Å². The van der Waals surface area contributed by atoms with Crippen molar-refractivity contribution in [2.24, 2.45) is 10.8 Å². The molecule has 2 aliphatic rings. The van der Waals surface area contributed by atoms with Crippen molar-refractivity contribution in [2.75, 3.05) is 0 Å². The van der Waals surface area contributed by atoms with Crippen LogP contribution >= 0.6 is 0 Å². The van der Waals surface area contributed by atoms with Gasteiger partial charge in [-0.2, -0.15) is 0 Å². The number of hydrogen-bond donors (Lipinski definition) is 1. The molecule has 2 heteroatoms. The molecule has 0 aromatic heterocycles. The molecule has 2 aliphatic carbocycles. The molecule has 1 amide bonds. The van der Waals surface area contributed by atoms with E-state index in [1.54, 1.807) is 0 Å². The Labute approximate surface area is 86.5 Å². The number of carbonyl (C=O) groups excluding carboxylic acids is 1. The average molecular weight is 195 g/mol. The number of carbonyl (C=O) groups is 1. The first-order chi connectivity index (χ1) is 6.39. The van der Waals surface area contributed by atoms with Gasteiger partial charge in [-0.1, -0.05) is 20.8 Å². The topological polar surface area (TPSA) is 29.1 Å². The minimum atomic E-state index is 0.123. The zero-order valence-corrected chi connectivity index (χ0v) is 9.52. The van der Waals surface area contributed by atoms with Crippen LogP contribution in [0.15, 0.2) is 0 Å². The van der Waals surface area contributed by atoms with E-state index in [9.17, 15) is 4.79 Å². The molecule has 80 valence electrons. The Morgan fingerprint density at radius 1 is 1.07 bits per heavy atom. The first-order valence-electron chi connectivity index (χ1n) is 5.60. The Hall–Kier alpha value is -0.530. The summed E-state index contributed by atoms with van der Waals surface area (Å²) < 4.78 is 0. The Kier molecular flexibility index (Phi) is 1.96. The van der Waals surface area contributed by atoms with Gasteiger partial charge in [0.25, 0.3) is 0 Å². The summed E-state index contributed by atoms with van der Waals surface area (Å²) in [5, 5.41) is 3.09. The molecule has 2 nitrogen and oxygen atoms in total. The third-order valence-corrected chi connectivity index (χ3v) is 4.06. The van der Waals surface area contributed by atoms with E-state index >= 15 is 0 Å². The average Bonchev–Trinajstić information content (AvgIpc) is 2.20. The molecule has 2 rings (SSSR count). The zero-order valence-electron chi connectivity index (χ0n) is 9.52. The summed E-state index contributed by atoms with van der Waals surface area (Å²) in [6.07, 6.45) is 6.98. The Morgan fingerprint density at radius 2 is 1.79 bits per heavy atom. The lowest BCUT2D eigenvalue weighted by atomic mass is 9.63. The van der Waals surface area contributed by atoms with Crippen molar-refractivity contribution in [3.05, 3.63) is 0 Å². The molecule has 2 fully saturated rings. The van der Waals surface area contributed by atoms with Gasteiger partial charge in [-0.3, -0.25) is 4.79 Å². The van der Waals surface area contributed by atoms with Crippen LogP contribution in [-0.4, -0.2) is 11.9 Å². The summed E-state index contributed by atoms with van der Waals surface area (Å²) in [5.74, 6) is 0. The lowest BCUT2D eigenvalue weighted by molar-refractivity contribution is -0.112. The summed E-state index contributed by atoms with van der Waals surface area (Å²) in [6, 6.07) is 0. The van der Waals surface area contributed by atoms with Crippen molar-refractivity contribution in [2.45, 2.75) is 58.4 Å². The fourth-order valence-electron chi connectivity index (χ4n) is 4.27. The van der Waals surface area contributed by atoms with Crippen LogP contribution in [0.4, 0.5) is 0 Å². The van der Waals surface area contributed by atoms with Gasteiger partial charge >= 0.3 is 0 Å². The molecular weight excluding hydrogens is 174 g/mol. The molecule has 1 N–H and O–H groups in total. The molecule has 2 unspecified atom stereocenters. The fourth-order valence-corrected chi connectivity index (χ4v) is 4.27. The highest BCUT2D eigenvalue weighted by molar-refractivity contribution is 5.48. The summed E-state index contributed by atoms with van der Waals surface area (Å²) in [4.78, 5) is 10.7. The van der Waals surface area contributed by atoms with Crippen molar-refractivity contribution >= 4 is 6.41 Å². The van der Waals surface area contributed by atoms with Gasteiger partial charge in [0.05, 0.1) is 0 Å². The molecule has 2 atom stereocenters. The Morgan fingerprint density at radius 3 is 2.43 bits per heavy atom. The largest absolute Gasteiger partial charge is 0.353 e. The van der Waals surface area contributed by atoms with Crippen molar-refractivity contribution < 1.29 is 4.79 Å². The van der Waals surface area contributed by atoms with Crippen LogP contribution in [0.5, 0.6) is 0 Å². The molecule has 0 radical (unpaired) electrons. The third-order valence-electron chi connectivity index (χ3n) is 4.06. The number of hydrogen-bond acceptors (Lipinski definition) is 1.